The van der Waals surface area contributed by atoms with E-state index in [4.69, 9.17) is 19.2 Å². The number of aryl methyl sites for hydroxylation is 2. The van der Waals surface area contributed by atoms with E-state index in [0.29, 0.717) is 54.3 Å². The monoisotopic (exact) mass is 505 g/mol. The number of carbonyl (C=O) groups is 1. The standard InChI is InChI=1S/C28H31N3O4S/c1-6-33-22-14-21(15-23(34-7-2)26(22)35-8-3)27(32)31(17-20-10-9-11-29-16-20)28-30-25-19(5)12-18(4)13-24(25)36-28/h9-16H,6-8,17H2,1-5H3. The van der Waals surface area contributed by atoms with Crippen molar-refractivity contribution in [2.24, 2.45) is 0 Å². The molecule has 188 valence electrons. The zero-order valence-corrected chi connectivity index (χ0v) is 22.1. The van der Waals surface area contributed by atoms with Gasteiger partial charge < -0.3 is 14.2 Å². The molecule has 2 aromatic heterocycles. The van der Waals surface area contributed by atoms with Crippen molar-refractivity contribution in [3.63, 3.8) is 0 Å². The third kappa shape index (κ3) is 5.44. The first-order valence-electron chi connectivity index (χ1n) is 12.1. The molecule has 0 radical (unpaired) electrons. The fraction of sp³-hybridized carbons (Fsp3) is 0.321. The molecule has 0 atom stereocenters. The van der Waals surface area contributed by atoms with E-state index in [9.17, 15) is 4.79 Å². The van der Waals surface area contributed by atoms with Gasteiger partial charge >= 0.3 is 0 Å². The molecule has 0 aliphatic rings. The van der Waals surface area contributed by atoms with Crippen LogP contribution < -0.4 is 19.1 Å². The van der Waals surface area contributed by atoms with Crippen molar-refractivity contribution in [3.05, 3.63) is 71.0 Å². The molecule has 4 rings (SSSR count). The highest BCUT2D eigenvalue weighted by Crippen LogP contribution is 2.40. The zero-order valence-electron chi connectivity index (χ0n) is 21.3. The van der Waals surface area contributed by atoms with Crippen molar-refractivity contribution >= 4 is 32.6 Å². The van der Waals surface area contributed by atoms with Gasteiger partial charge in [0.15, 0.2) is 16.6 Å². The van der Waals surface area contributed by atoms with Crippen molar-refractivity contribution in [3.8, 4) is 17.2 Å². The number of fused-ring (bicyclic) bond motifs is 1. The Labute approximate surface area is 215 Å². The van der Waals surface area contributed by atoms with Crippen molar-refractivity contribution in [2.45, 2.75) is 41.2 Å². The highest BCUT2D eigenvalue weighted by Gasteiger charge is 2.26. The largest absolute Gasteiger partial charge is 0.490 e. The maximum atomic E-state index is 14.1. The van der Waals surface area contributed by atoms with Crippen LogP contribution in [0, 0.1) is 13.8 Å². The molecule has 8 heteroatoms. The quantitative estimate of drug-likeness (QED) is 0.250. The Hall–Kier alpha value is -3.65. The molecule has 36 heavy (non-hydrogen) atoms. The number of carbonyl (C=O) groups excluding carboxylic acids is 1. The molecule has 0 bridgehead atoms. The lowest BCUT2D eigenvalue weighted by molar-refractivity contribution is 0.0984. The van der Waals surface area contributed by atoms with Gasteiger partial charge in [0, 0.05) is 18.0 Å². The summed E-state index contributed by atoms with van der Waals surface area (Å²) in [5, 5.41) is 0.623. The van der Waals surface area contributed by atoms with Crippen LogP contribution in [-0.4, -0.2) is 35.7 Å². The number of hydrogen-bond donors (Lipinski definition) is 0. The minimum atomic E-state index is -0.211. The van der Waals surface area contributed by atoms with Crippen LogP contribution in [0.2, 0.25) is 0 Å². The fourth-order valence-corrected chi connectivity index (χ4v) is 5.18. The van der Waals surface area contributed by atoms with Gasteiger partial charge in [-0.15, -0.1) is 0 Å². The number of ether oxygens (including phenoxy) is 3. The van der Waals surface area contributed by atoms with Gasteiger partial charge in [-0.25, -0.2) is 4.98 Å². The van der Waals surface area contributed by atoms with Crippen LogP contribution in [0.5, 0.6) is 17.2 Å². The molecule has 0 N–H and O–H groups in total. The number of amides is 1. The predicted octanol–water partition coefficient (Wildman–Crippen LogP) is 6.35. The number of hydrogen-bond acceptors (Lipinski definition) is 7. The van der Waals surface area contributed by atoms with Gasteiger partial charge in [0.1, 0.15) is 0 Å². The molecular weight excluding hydrogens is 474 g/mol. The summed E-state index contributed by atoms with van der Waals surface area (Å²) in [5.74, 6) is 1.25. The van der Waals surface area contributed by atoms with Gasteiger partial charge in [-0.1, -0.05) is 23.5 Å². The summed E-state index contributed by atoms with van der Waals surface area (Å²) in [5.41, 5.74) is 4.48. The molecule has 0 aliphatic heterocycles. The number of pyridine rings is 1. The summed E-state index contributed by atoms with van der Waals surface area (Å²) >= 11 is 1.50. The van der Waals surface area contributed by atoms with Crippen LogP contribution in [0.3, 0.4) is 0 Å². The first-order chi connectivity index (χ1) is 17.4. The second kappa shape index (κ2) is 11.4. The smallest absolute Gasteiger partial charge is 0.260 e. The second-order valence-corrected chi connectivity index (χ2v) is 9.29. The molecule has 0 saturated carbocycles. The molecule has 1 amide bonds. The number of aromatic nitrogens is 2. The molecule has 7 nitrogen and oxygen atoms in total. The normalized spacial score (nSPS) is 10.9. The Bertz CT molecular complexity index is 1330. The molecular formula is C28H31N3O4S. The number of rotatable bonds is 10. The zero-order chi connectivity index (χ0) is 25.7. The van der Waals surface area contributed by atoms with E-state index >= 15 is 0 Å². The lowest BCUT2D eigenvalue weighted by Gasteiger charge is -2.22. The molecule has 0 aliphatic carbocycles. The van der Waals surface area contributed by atoms with Crippen LogP contribution in [0.1, 0.15) is 47.8 Å². The van der Waals surface area contributed by atoms with Gasteiger partial charge in [0.05, 0.1) is 36.6 Å². The van der Waals surface area contributed by atoms with Gasteiger partial charge in [0.25, 0.3) is 5.91 Å². The average molecular weight is 506 g/mol. The highest BCUT2D eigenvalue weighted by molar-refractivity contribution is 7.22. The van der Waals surface area contributed by atoms with Crippen molar-refractivity contribution in [1.29, 1.82) is 0 Å². The van der Waals surface area contributed by atoms with Gasteiger partial charge in [-0.05, 0) is 75.6 Å². The maximum absolute atomic E-state index is 14.1. The number of benzene rings is 2. The van der Waals surface area contributed by atoms with E-state index in [2.05, 4.69) is 24.0 Å². The first kappa shape index (κ1) is 25.4. The van der Waals surface area contributed by atoms with Gasteiger partial charge in [0.2, 0.25) is 5.75 Å². The van der Waals surface area contributed by atoms with Crippen LogP contribution in [0.4, 0.5) is 5.13 Å². The summed E-state index contributed by atoms with van der Waals surface area (Å²) in [4.78, 5) is 24.9. The molecule has 0 spiro atoms. The topological polar surface area (TPSA) is 73.8 Å². The van der Waals surface area contributed by atoms with Crippen LogP contribution >= 0.6 is 11.3 Å². The minimum Gasteiger partial charge on any atom is -0.490 e. The Kier molecular flexibility index (Phi) is 8.05. The van der Waals surface area contributed by atoms with Crippen LogP contribution in [-0.2, 0) is 6.54 Å². The lowest BCUT2D eigenvalue weighted by Crippen LogP contribution is -2.30. The van der Waals surface area contributed by atoms with Crippen molar-refractivity contribution < 1.29 is 19.0 Å². The van der Waals surface area contributed by atoms with E-state index < -0.39 is 0 Å². The van der Waals surface area contributed by atoms with Crippen molar-refractivity contribution in [2.75, 3.05) is 24.7 Å². The third-order valence-electron chi connectivity index (χ3n) is 5.51. The summed E-state index contributed by atoms with van der Waals surface area (Å²) in [6.45, 7) is 11.4. The molecule has 4 aromatic rings. The Morgan fingerprint density at radius 2 is 1.67 bits per heavy atom. The second-order valence-electron chi connectivity index (χ2n) is 8.28. The van der Waals surface area contributed by atoms with Gasteiger partial charge in [-0.2, -0.15) is 0 Å². The maximum Gasteiger partial charge on any atom is 0.260 e. The van der Waals surface area contributed by atoms with Crippen LogP contribution in [0.25, 0.3) is 10.2 Å². The van der Waals surface area contributed by atoms with E-state index in [1.165, 1.54) is 11.3 Å². The Morgan fingerprint density at radius 3 is 2.28 bits per heavy atom. The van der Waals surface area contributed by atoms with E-state index in [1.807, 2.05) is 39.8 Å². The summed E-state index contributed by atoms with van der Waals surface area (Å²) in [7, 11) is 0. The number of anilines is 1. The molecule has 0 unspecified atom stereocenters. The molecule has 2 aromatic carbocycles. The summed E-state index contributed by atoms with van der Waals surface area (Å²) in [6.07, 6.45) is 3.48. The van der Waals surface area contributed by atoms with E-state index in [1.54, 1.807) is 29.4 Å². The molecule has 2 heterocycles. The Morgan fingerprint density at radius 1 is 0.972 bits per heavy atom. The van der Waals surface area contributed by atoms with E-state index in [0.717, 1.165) is 26.9 Å². The predicted molar refractivity (Wildman–Crippen MR) is 144 cm³/mol. The minimum absolute atomic E-state index is 0.211. The SMILES string of the molecule is CCOc1cc(C(=O)N(Cc2cccnc2)c2nc3c(C)cc(C)cc3s2)cc(OCC)c1OCC. The molecule has 0 saturated heterocycles. The summed E-state index contributed by atoms with van der Waals surface area (Å²) in [6, 6.07) is 11.5. The van der Waals surface area contributed by atoms with Gasteiger partial charge in [-0.3, -0.25) is 14.7 Å². The highest BCUT2D eigenvalue weighted by atomic mass is 32.1. The number of nitrogens with zero attached hydrogens (tertiary/aromatic N) is 3. The van der Waals surface area contributed by atoms with E-state index in [-0.39, 0.29) is 5.91 Å². The Balaban J connectivity index is 1.83. The van der Waals surface area contributed by atoms with Crippen molar-refractivity contribution in [1.82, 2.24) is 9.97 Å². The first-order valence-corrected chi connectivity index (χ1v) is 12.9. The fourth-order valence-electron chi connectivity index (χ4n) is 4.04. The number of thiazole rings is 1. The summed E-state index contributed by atoms with van der Waals surface area (Å²) < 4.78 is 18.6. The van der Waals surface area contributed by atoms with Crippen LogP contribution in [0.15, 0.2) is 48.8 Å². The third-order valence-corrected chi connectivity index (χ3v) is 6.54. The molecule has 0 fully saturated rings. The average Bonchev–Trinajstić information content (AvgIpc) is 3.29. The lowest BCUT2D eigenvalue weighted by atomic mass is 10.1.